The molecule has 2 aliphatic heterocycles. The molecule has 1 spiro atoms. The number of carbonyl (C=O) groups excluding carboxylic acids is 2. The van der Waals surface area contributed by atoms with Crippen LogP contribution < -0.4 is 9.64 Å². The Kier molecular flexibility index (Phi) is 4.27. The van der Waals surface area contributed by atoms with Gasteiger partial charge in [0.1, 0.15) is 5.75 Å². The number of anilines is 1. The molecule has 8 heteroatoms. The van der Waals surface area contributed by atoms with Crippen molar-refractivity contribution in [3.63, 3.8) is 0 Å². The van der Waals surface area contributed by atoms with E-state index in [2.05, 4.69) is 4.99 Å². The van der Waals surface area contributed by atoms with Crippen molar-refractivity contribution in [3.05, 3.63) is 58.6 Å². The zero-order valence-electron chi connectivity index (χ0n) is 15.4. The third-order valence-corrected chi connectivity index (χ3v) is 5.31. The predicted molar refractivity (Wildman–Crippen MR) is 103 cm³/mol. The first-order chi connectivity index (χ1) is 13.4. The molecule has 0 aromatic heterocycles. The SMILES string of the molecule is COC(=O)[C@@H]1N=C(c2ccc(OC)cc2)O[C@]12C(=O)N(C)c1cccc(Cl)c12. The van der Waals surface area contributed by atoms with Gasteiger partial charge in [0, 0.05) is 12.6 Å². The minimum absolute atomic E-state index is 0.160. The van der Waals surface area contributed by atoms with Crippen LogP contribution in [0, 0.1) is 0 Å². The van der Waals surface area contributed by atoms with Gasteiger partial charge in [-0.1, -0.05) is 17.7 Å². The lowest BCUT2D eigenvalue weighted by Crippen LogP contribution is -2.50. The van der Waals surface area contributed by atoms with Crippen molar-refractivity contribution in [1.82, 2.24) is 0 Å². The van der Waals surface area contributed by atoms with Gasteiger partial charge in [0.05, 0.1) is 30.5 Å². The van der Waals surface area contributed by atoms with Crippen LogP contribution in [0.3, 0.4) is 0 Å². The van der Waals surface area contributed by atoms with Crippen LogP contribution in [-0.4, -0.2) is 45.1 Å². The maximum Gasteiger partial charge on any atom is 0.335 e. The molecule has 2 heterocycles. The highest BCUT2D eigenvalue weighted by Crippen LogP contribution is 2.51. The Balaban J connectivity index is 1.88. The van der Waals surface area contributed by atoms with Crippen molar-refractivity contribution in [2.45, 2.75) is 11.6 Å². The summed E-state index contributed by atoms with van der Waals surface area (Å²) >= 11 is 6.44. The molecule has 0 aliphatic carbocycles. The fourth-order valence-corrected chi connectivity index (χ4v) is 3.92. The number of nitrogens with zero attached hydrogens (tertiary/aromatic N) is 2. The molecule has 2 aliphatic rings. The number of esters is 1. The molecule has 0 unspecified atom stereocenters. The lowest BCUT2D eigenvalue weighted by atomic mass is 9.88. The first kappa shape index (κ1) is 18.3. The number of benzene rings is 2. The smallest absolute Gasteiger partial charge is 0.335 e. The van der Waals surface area contributed by atoms with Gasteiger partial charge >= 0.3 is 5.97 Å². The van der Waals surface area contributed by atoms with Gasteiger partial charge < -0.3 is 19.1 Å². The summed E-state index contributed by atoms with van der Waals surface area (Å²) in [6.45, 7) is 0. The van der Waals surface area contributed by atoms with Gasteiger partial charge in [-0.25, -0.2) is 9.79 Å². The van der Waals surface area contributed by atoms with Crippen molar-refractivity contribution in [2.24, 2.45) is 4.99 Å². The molecule has 0 saturated carbocycles. The molecular weight excluding hydrogens is 384 g/mol. The average Bonchev–Trinajstić information content (AvgIpc) is 3.21. The van der Waals surface area contributed by atoms with Crippen LogP contribution >= 0.6 is 11.6 Å². The summed E-state index contributed by atoms with van der Waals surface area (Å²) in [6.07, 6.45) is 0. The number of halogens is 1. The monoisotopic (exact) mass is 400 g/mol. The number of hydrogen-bond donors (Lipinski definition) is 0. The summed E-state index contributed by atoms with van der Waals surface area (Å²) in [4.78, 5) is 31.7. The summed E-state index contributed by atoms with van der Waals surface area (Å²) in [7, 11) is 4.41. The van der Waals surface area contributed by atoms with E-state index >= 15 is 0 Å². The van der Waals surface area contributed by atoms with Crippen molar-refractivity contribution < 1.29 is 23.8 Å². The highest BCUT2D eigenvalue weighted by molar-refractivity contribution is 6.33. The van der Waals surface area contributed by atoms with E-state index in [-0.39, 0.29) is 5.90 Å². The van der Waals surface area contributed by atoms with Crippen molar-refractivity contribution in [1.29, 1.82) is 0 Å². The van der Waals surface area contributed by atoms with Gasteiger partial charge in [0.2, 0.25) is 11.9 Å². The molecule has 2 aromatic rings. The molecule has 7 nitrogen and oxygen atoms in total. The molecule has 4 rings (SSSR count). The lowest BCUT2D eigenvalue weighted by molar-refractivity contribution is -0.152. The topological polar surface area (TPSA) is 77.4 Å². The minimum atomic E-state index is -1.70. The second kappa shape index (κ2) is 6.53. The highest BCUT2D eigenvalue weighted by atomic mass is 35.5. The van der Waals surface area contributed by atoms with Gasteiger partial charge in [0.15, 0.2) is 0 Å². The predicted octanol–water partition coefficient (Wildman–Crippen LogP) is 2.54. The second-order valence-electron chi connectivity index (χ2n) is 6.42. The average molecular weight is 401 g/mol. The normalized spacial score (nSPS) is 22.7. The highest BCUT2D eigenvalue weighted by Gasteiger charge is 2.65. The number of carbonyl (C=O) groups is 2. The third kappa shape index (κ3) is 2.39. The van der Waals surface area contributed by atoms with Gasteiger partial charge in [-0.2, -0.15) is 0 Å². The maximum absolute atomic E-state index is 13.3. The summed E-state index contributed by atoms with van der Waals surface area (Å²) in [5.41, 5.74) is -0.128. The van der Waals surface area contributed by atoms with Crippen LogP contribution in [0.15, 0.2) is 47.5 Å². The number of ether oxygens (including phenoxy) is 3. The van der Waals surface area contributed by atoms with E-state index in [1.807, 2.05) is 0 Å². The van der Waals surface area contributed by atoms with Crippen LogP contribution in [0.1, 0.15) is 11.1 Å². The fourth-order valence-electron chi connectivity index (χ4n) is 3.61. The number of methoxy groups -OCH3 is 2. The Morgan fingerprint density at radius 2 is 1.93 bits per heavy atom. The maximum atomic E-state index is 13.3. The Bertz CT molecular complexity index is 1000. The van der Waals surface area contributed by atoms with Gasteiger partial charge in [-0.05, 0) is 36.4 Å². The largest absolute Gasteiger partial charge is 0.497 e. The van der Waals surface area contributed by atoms with Crippen molar-refractivity contribution in [3.8, 4) is 5.75 Å². The van der Waals surface area contributed by atoms with Crippen LogP contribution in [0.2, 0.25) is 5.02 Å². The standard InChI is InChI=1S/C20H17ClN2O5/c1-23-14-6-4-5-13(21)15(14)20(19(23)25)16(18(24)27-3)22-17(28-20)11-7-9-12(26-2)10-8-11/h4-10,16H,1-3H3/t16-,20-/m0/s1. The first-order valence-electron chi connectivity index (χ1n) is 8.50. The van der Waals surface area contributed by atoms with E-state index in [4.69, 9.17) is 25.8 Å². The van der Waals surface area contributed by atoms with Gasteiger partial charge in [-0.15, -0.1) is 0 Å². The molecule has 2 atom stereocenters. The van der Waals surface area contributed by atoms with Crippen molar-refractivity contribution >= 4 is 35.1 Å². The summed E-state index contributed by atoms with van der Waals surface area (Å²) in [6, 6.07) is 10.9. The minimum Gasteiger partial charge on any atom is -0.497 e. The number of fused-ring (bicyclic) bond motifs is 2. The molecule has 1 amide bonds. The number of amides is 1. The van der Waals surface area contributed by atoms with Crippen LogP contribution in [0.5, 0.6) is 5.75 Å². The molecule has 0 N–H and O–H groups in total. The Labute approximate surface area is 166 Å². The molecule has 0 radical (unpaired) electrons. The summed E-state index contributed by atoms with van der Waals surface area (Å²) in [5.74, 6) is -0.296. The Morgan fingerprint density at radius 3 is 2.57 bits per heavy atom. The first-order valence-corrected chi connectivity index (χ1v) is 8.88. The van der Waals surface area contributed by atoms with E-state index in [1.54, 1.807) is 56.6 Å². The quantitative estimate of drug-likeness (QED) is 0.740. The molecule has 0 saturated heterocycles. The summed E-state index contributed by atoms with van der Waals surface area (Å²) in [5, 5.41) is 0.315. The van der Waals surface area contributed by atoms with E-state index in [1.165, 1.54) is 12.0 Å². The second-order valence-corrected chi connectivity index (χ2v) is 6.83. The molecule has 28 heavy (non-hydrogen) atoms. The van der Waals surface area contributed by atoms with Crippen LogP contribution in [0.25, 0.3) is 0 Å². The Hall–Kier alpha value is -3.06. The fraction of sp³-hybridized carbons (Fsp3) is 0.250. The van der Waals surface area contributed by atoms with E-state index in [0.717, 1.165) is 0 Å². The summed E-state index contributed by atoms with van der Waals surface area (Å²) < 4.78 is 16.2. The molecule has 0 bridgehead atoms. The zero-order valence-corrected chi connectivity index (χ0v) is 16.2. The number of hydrogen-bond acceptors (Lipinski definition) is 6. The van der Waals surface area contributed by atoms with E-state index in [0.29, 0.717) is 27.6 Å². The molecule has 144 valence electrons. The lowest BCUT2D eigenvalue weighted by Gasteiger charge is -2.27. The van der Waals surface area contributed by atoms with E-state index < -0.39 is 23.5 Å². The van der Waals surface area contributed by atoms with E-state index in [9.17, 15) is 9.59 Å². The number of rotatable bonds is 3. The third-order valence-electron chi connectivity index (χ3n) is 5.00. The number of aliphatic imine (C=N–C) groups is 1. The van der Waals surface area contributed by atoms with Crippen LogP contribution in [-0.2, 0) is 24.7 Å². The van der Waals surface area contributed by atoms with Gasteiger partial charge in [0.25, 0.3) is 11.5 Å². The molecular formula is C20H17ClN2O5. The van der Waals surface area contributed by atoms with Crippen molar-refractivity contribution in [2.75, 3.05) is 26.2 Å². The zero-order chi connectivity index (χ0) is 20.1. The molecule has 0 fully saturated rings. The number of likely N-dealkylation sites (N-methyl/N-ethyl adjacent to an activating group) is 1. The Morgan fingerprint density at radius 1 is 1.21 bits per heavy atom. The van der Waals surface area contributed by atoms with Gasteiger partial charge in [-0.3, -0.25) is 4.79 Å². The van der Waals surface area contributed by atoms with Crippen LogP contribution in [0.4, 0.5) is 5.69 Å². The molecule has 2 aromatic carbocycles.